The third kappa shape index (κ3) is 3.35. The van der Waals surface area contributed by atoms with Gasteiger partial charge < -0.3 is 5.11 Å². The predicted octanol–water partition coefficient (Wildman–Crippen LogP) is 3.63. The Hall–Kier alpha value is -3.41. The molecule has 0 saturated heterocycles. The quantitative estimate of drug-likeness (QED) is 0.763. The molecule has 3 rings (SSSR count). The molecule has 0 bridgehead atoms. The number of para-hydroxylation sites is 1. The van der Waals surface area contributed by atoms with Crippen molar-refractivity contribution >= 4 is 17.7 Å². The Kier molecular flexibility index (Phi) is 4.84. The summed E-state index contributed by atoms with van der Waals surface area (Å²) in [5, 5.41) is 14.0. The first-order chi connectivity index (χ1) is 12.5. The van der Waals surface area contributed by atoms with E-state index < -0.39 is 5.97 Å². The van der Waals surface area contributed by atoms with Gasteiger partial charge in [-0.05, 0) is 38.1 Å². The molecule has 26 heavy (non-hydrogen) atoms. The zero-order valence-corrected chi connectivity index (χ0v) is 14.5. The number of carboxylic acid groups (broad SMARTS) is 1. The average molecular weight is 349 g/mol. The van der Waals surface area contributed by atoms with Crippen molar-refractivity contribution in [3.05, 3.63) is 78.0 Å². The maximum Gasteiger partial charge on any atom is 0.341 e. The lowest BCUT2D eigenvalue weighted by Crippen LogP contribution is -2.38. The molecule has 0 aliphatic heterocycles. The second kappa shape index (κ2) is 7.23. The largest absolute Gasteiger partial charge is 0.477 e. The van der Waals surface area contributed by atoms with E-state index in [1.54, 1.807) is 24.3 Å². The second-order valence-corrected chi connectivity index (χ2v) is 6.09. The first-order valence-corrected chi connectivity index (χ1v) is 8.26. The summed E-state index contributed by atoms with van der Waals surface area (Å²) in [4.78, 5) is 26.2. The van der Waals surface area contributed by atoms with Crippen LogP contribution in [0.2, 0.25) is 0 Å². The summed E-state index contributed by atoms with van der Waals surface area (Å²) in [6.45, 7) is 3.65. The molecule has 1 N–H and O–H groups in total. The molecule has 0 radical (unpaired) electrons. The van der Waals surface area contributed by atoms with Crippen molar-refractivity contribution in [2.24, 2.45) is 0 Å². The van der Waals surface area contributed by atoms with Crippen molar-refractivity contribution < 1.29 is 14.7 Å². The Balaban J connectivity index is 2.11. The van der Waals surface area contributed by atoms with E-state index in [1.807, 2.05) is 50.2 Å². The van der Waals surface area contributed by atoms with Gasteiger partial charge in [-0.25, -0.2) is 9.48 Å². The van der Waals surface area contributed by atoms with Crippen molar-refractivity contribution in [3.63, 3.8) is 0 Å². The van der Waals surface area contributed by atoms with Gasteiger partial charge in [0.2, 0.25) is 0 Å². The highest BCUT2D eigenvalue weighted by molar-refractivity contribution is 6.08. The number of anilines is 1. The number of hydrogen-bond acceptors (Lipinski definition) is 3. The zero-order valence-electron chi connectivity index (χ0n) is 14.5. The summed E-state index contributed by atoms with van der Waals surface area (Å²) in [7, 11) is 0. The fourth-order valence-electron chi connectivity index (χ4n) is 2.70. The van der Waals surface area contributed by atoms with Gasteiger partial charge in [-0.15, -0.1) is 5.10 Å². The van der Waals surface area contributed by atoms with Crippen molar-refractivity contribution in [1.82, 2.24) is 9.78 Å². The molecule has 1 amide bonds. The number of aromatic carboxylic acids is 1. The number of carbonyl (C=O) groups is 2. The predicted molar refractivity (Wildman–Crippen MR) is 98.9 cm³/mol. The minimum atomic E-state index is -1.13. The van der Waals surface area contributed by atoms with Gasteiger partial charge in [0.15, 0.2) is 5.82 Å². The monoisotopic (exact) mass is 349 g/mol. The summed E-state index contributed by atoms with van der Waals surface area (Å²) in [5.41, 5.74) is 1.18. The first kappa shape index (κ1) is 17.4. The van der Waals surface area contributed by atoms with E-state index >= 15 is 0 Å². The number of carboxylic acids is 1. The number of carbonyl (C=O) groups excluding carboxylic acids is 1. The van der Waals surface area contributed by atoms with Crippen molar-refractivity contribution in [1.29, 1.82) is 0 Å². The van der Waals surface area contributed by atoms with E-state index in [0.29, 0.717) is 5.56 Å². The van der Waals surface area contributed by atoms with Crippen LogP contribution in [0.3, 0.4) is 0 Å². The van der Waals surface area contributed by atoms with Crippen LogP contribution in [0.4, 0.5) is 5.82 Å². The zero-order chi connectivity index (χ0) is 18.7. The summed E-state index contributed by atoms with van der Waals surface area (Å²) in [6, 6.07) is 17.7. The highest BCUT2D eigenvalue weighted by Gasteiger charge is 2.28. The lowest BCUT2D eigenvalue weighted by molar-refractivity contribution is 0.0697. The van der Waals surface area contributed by atoms with Crippen LogP contribution in [0.5, 0.6) is 0 Å². The van der Waals surface area contributed by atoms with Gasteiger partial charge in [0, 0.05) is 17.8 Å². The molecule has 1 aromatic heterocycles. The maximum absolute atomic E-state index is 13.0. The standard InChI is InChI=1S/C20H19N3O3/c1-14(2)23(19(24)15-9-5-3-6-10-15)18-17(20(25)26)13-22(21-18)16-11-7-4-8-12-16/h3-14H,1-2H3,(H,25,26). The van der Waals surface area contributed by atoms with Crippen LogP contribution < -0.4 is 4.90 Å². The number of rotatable bonds is 5. The molecule has 6 heteroatoms. The second-order valence-electron chi connectivity index (χ2n) is 6.09. The lowest BCUT2D eigenvalue weighted by Gasteiger charge is -2.25. The minimum absolute atomic E-state index is 0.0214. The SMILES string of the molecule is CC(C)N(C(=O)c1ccccc1)c1nn(-c2ccccc2)cc1C(=O)O. The highest BCUT2D eigenvalue weighted by Crippen LogP contribution is 2.25. The van der Waals surface area contributed by atoms with Crippen LogP contribution in [0.1, 0.15) is 34.6 Å². The van der Waals surface area contributed by atoms with Crippen molar-refractivity contribution in [2.45, 2.75) is 19.9 Å². The molecule has 0 fully saturated rings. The van der Waals surface area contributed by atoms with Crippen LogP contribution in [0, 0.1) is 0 Å². The van der Waals surface area contributed by atoms with Gasteiger partial charge in [0.1, 0.15) is 5.56 Å². The third-order valence-corrected chi connectivity index (χ3v) is 3.93. The van der Waals surface area contributed by atoms with Crippen LogP contribution >= 0.6 is 0 Å². The lowest BCUT2D eigenvalue weighted by atomic mass is 10.1. The number of benzene rings is 2. The van der Waals surface area contributed by atoms with E-state index in [-0.39, 0.29) is 23.3 Å². The van der Waals surface area contributed by atoms with Gasteiger partial charge in [-0.3, -0.25) is 9.69 Å². The number of amides is 1. The van der Waals surface area contributed by atoms with E-state index in [9.17, 15) is 14.7 Å². The number of nitrogens with zero attached hydrogens (tertiary/aromatic N) is 3. The van der Waals surface area contributed by atoms with E-state index in [0.717, 1.165) is 5.69 Å². The Labute approximate surface area is 151 Å². The average Bonchev–Trinajstić information content (AvgIpc) is 3.08. The van der Waals surface area contributed by atoms with Gasteiger partial charge in [0.05, 0.1) is 5.69 Å². The molecule has 0 aliphatic rings. The molecule has 0 spiro atoms. The molecule has 132 valence electrons. The van der Waals surface area contributed by atoms with Crippen molar-refractivity contribution in [2.75, 3.05) is 4.90 Å². The van der Waals surface area contributed by atoms with Crippen LogP contribution in [0.25, 0.3) is 5.69 Å². The molecule has 0 saturated carbocycles. The number of aromatic nitrogens is 2. The maximum atomic E-state index is 13.0. The minimum Gasteiger partial charge on any atom is -0.477 e. The van der Waals surface area contributed by atoms with Gasteiger partial charge in [-0.1, -0.05) is 36.4 Å². The Morgan fingerprint density at radius 3 is 2.12 bits per heavy atom. The molecule has 1 heterocycles. The third-order valence-electron chi connectivity index (χ3n) is 3.93. The van der Waals surface area contributed by atoms with E-state index in [4.69, 9.17) is 0 Å². The molecular formula is C20H19N3O3. The normalized spacial score (nSPS) is 10.7. The number of hydrogen-bond donors (Lipinski definition) is 1. The van der Waals surface area contributed by atoms with Crippen LogP contribution in [0.15, 0.2) is 66.9 Å². The van der Waals surface area contributed by atoms with Gasteiger partial charge in [-0.2, -0.15) is 0 Å². The molecule has 6 nitrogen and oxygen atoms in total. The topological polar surface area (TPSA) is 75.4 Å². The molecule has 2 aromatic carbocycles. The van der Waals surface area contributed by atoms with Crippen LogP contribution in [-0.4, -0.2) is 32.8 Å². The fraction of sp³-hybridized carbons (Fsp3) is 0.150. The summed E-state index contributed by atoms with van der Waals surface area (Å²) >= 11 is 0. The summed E-state index contributed by atoms with van der Waals surface area (Å²) in [6.07, 6.45) is 1.43. The summed E-state index contributed by atoms with van der Waals surface area (Å²) < 4.78 is 1.48. The summed E-state index contributed by atoms with van der Waals surface area (Å²) in [5.74, 6) is -1.29. The molecule has 0 unspecified atom stereocenters. The Bertz CT molecular complexity index is 918. The highest BCUT2D eigenvalue weighted by atomic mass is 16.4. The van der Waals surface area contributed by atoms with E-state index in [2.05, 4.69) is 5.10 Å². The van der Waals surface area contributed by atoms with Gasteiger partial charge in [0.25, 0.3) is 5.91 Å². The fourth-order valence-corrected chi connectivity index (χ4v) is 2.70. The first-order valence-electron chi connectivity index (χ1n) is 8.26. The molecule has 3 aromatic rings. The molecular weight excluding hydrogens is 330 g/mol. The van der Waals surface area contributed by atoms with Crippen LogP contribution in [-0.2, 0) is 0 Å². The van der Waals surface area contributed by atoms with Gasteiger partial charge >= 0.3 is 5.97 Å². The molecule has 0 atom stereocenters. The Morgan fingerprint density at radius 2 is 1.58 bits per heavy atom. The van der Waals surface area contributed by atoms with E-state index in [1.165, 1.54) is 15.8 Å². The smallest absolute Gasteiger partial charge is 0.341 e. The Morgan fingerprint density at radius 1 is 1.00 bits per heavy atom. The van der Waals surface area contributed by atoms with Crippen molar-refractivity contribution in [3.8, 4) is 5.69 Å². The molecule has 0 aliphatic carbocycles.